The van der Waals surface area contributed by atoms with Gasteiger partial charge >= 0.3 is 0 Å². The molecule has 0 aliphatic heterocycles. The standard InChI is InChI=1S/C21H24Cl2N2O3/c1-14-6-4-7-15(2)21(14)24-19(26)13-25(3)20(27)8-5-11-28-18-10-9-16(22)12-17(18)23/h4,6-7,9-10,12H,5,8,11,13H2,1-3H3,(H,24,26). The maximum absolute atomic E-state index is 12.3. The van der Waals surface area contributed by atoms with Crippen molar-refractivity contribution in [3.8, 4) is 5.75 Å². The van der Waals surface area contributed by atoms with Crippen LogP contribution in [0.15, 0.2) is 36.4 Å². The predicted octanol–water partition coefficient (Wildman–Crippen LogP) is 4.87. The fourth-order valence-corrected chi connectivity index (χ4v) is 3.15. The third kappa shape index (κ3) is 6.43. The number of carbonyl (C=O) groups excluding carboxylic acids is 2. The number of hydrogen-bond acceptors (Lipinski definition) is 3. The fourth-order valence-electron chi connectivity index (χ4n) is 2.68. The molecule has 0 unspecified atom stereocenters. The minimum atomic E-state index is -0.225. The van der Waals surface area contributed by atoms with Crippen LogP contribution in [0, 0.1) is 13.8 Å². The summed E-state index contributed by atoms with van der Waals surface area (Å²) in [5.74, 6) is 0.180. The molecule has 2 rings (SSSR count). The summed E-state index contributed by atoms with van der Waals surface area (Å²) in [5, 5.41) is 3.85. The van der Waals surface area contributed by atoms with Crippen LogP contribution in [0.25, 0.3) is 0 Å². The summed E-state index contributed by atoms with van der Waals surface area (Å²) in [6.45, 7) is 4.21. The van der Waals surface area contributed by atoms with Crippen LogP contribution >= 0.6 is 23.2 Å². The van der Waals surface area contributed by atoms with E-state index in [-0.39, 0.29) is 24.8 Å². The molecule has 0 atom stereocenters. The molecule has 0 saturated heterocycles. The minimum absolute atomic E-state index is 0.00349. The molecule has 0 spiro atoms. The van der Waals surface area contributed by atoms with Gasteiger partial charge in [0.15, 0.2) is 0 Å². The van der Waals surface area contributed by atoms with Crippen molar-refractivity contribution < 1.29 is 14.3 Å². The Hall–Kier alpha value is -2.24. The van der Waals surface area contributed by atoms with Gasteiger partial charge in [-0.2, -0.15) is 0 Å². The number of nitrogens with one attached hydrogen (secondary N) is 1. The van der Waals surface area contributed by atoms with Crippen molar-refractivity contribution in [1.82, 2.24) is 4.90 Å². The average Bonchev–Trinajstić information content (AvgIpc) is 2.63. The number of benzene rings is 2. The van der Waals surface area contributed by atoms with Gasteiger partial charge in [0.2, 0.25) is 11.8 Å². The van der Waals surface area contributed by atoms with E-state index in [1.807, 2.05) is 32.0 Å². The minimum Gasteiger partial charge on any atom is -0.492 e. The molecule has 0 heterocycles. The Kier molecular flexibility index (Phi) is 8.15. The number of halogens is 2. The van der Waals surface area contributed by atoms with E-state index >= 15 is 0 Å². The first-order valence-corrected chi connectivity index (χ1v) is 9.71. The number of carbonyl (C=O) groups is 2. The van der Waals surface area contributed by atoms with Crippen molar-refractivity contribution in [2.45, 2.75) is 26.7 Å². The summed E-state index contributed by atoms with van der Waals surface area (Å²) < 4.78 is 5.57. The SMILES string of the molecule is Cc1cccc(C)c1NC(=O)CN(C)C(=O)CCCOc1ccc(Cl)cc1Cl. The number of ether oxygens (including phenoxy) is 1. The molecule has 28 heavy (non-hydrogen) atoms. The Labute approximate surface area is 175 Å². The quantitative estimate of drug-likeness (QED) is 0.617. The topological polar surface area (TPSA) is 58.6 Å². The van der Waals surface area contributed by atoms with Crippen LogP contribution in [0.4, 0.5) is 5.69 Å². The van der Waals surface area contributed by atoms with Crippen LogP contribution in [0.5, 0.6) is 5.75 Å². The molecular weight excluding hydrogens is 399 g/mol. The Bertz CT molecular complexity index is 835. The number of anilines is 1. The summed E-state index contributed by atoms with van der Waals surface area (Å²) in [5.41, 5.74) is 2.77. The highest BCUT2D eigenvalue weighted by atomic mass is 35.5. The van der Waals surface area contributed by atoms with Crippen LogP contribution in [0.1, 0.15) is 24.0 Å². The number of likely N-dealkylation sites (N-methyl/N-ethyl adjacent to an activating group) is 1. The normalized spacial score (nSPS) is 10.5. The van der Waals surface area contributed by atoms with Crippen molar-refractivity contribution in [3.05, 3.63) is 57.6 Å². The van der Waals surface area contributed by atoms with Crippen LogP contribution < -0.4 is 10.1 Å². The van der Waals surface area contributed by atoms with Crippen LogP contribution in [0.2, 0.25) is 10.0 Å². The molecule has 2 amide bonds. The molecule has 0 aliphatic carbocycles. The van der Waals surface area contributed by atoms with Gasteiger partial charge in [0.25, 0.3) is 0 Å². The van der Waals surface area contributed by atoms with E-state index in [4.69, 9.17) is 27.9 Å². The van der Waals surface area contributed by atoms with Gasteiger partial charge in [0.05, 0.1) is 18.2 Å². The first kappa shape index (κ1) is 22.1. The first-order chi connectivity index (χ1) is 13.3. The Morgan fingerprint density at radius 2 is 1.79 bits per heavy atom. The van der Waals surface area contributed by atoms with Gasteiger partial charge in [-0.25, -0.2) is 0 Å². The number of nitrogens with zero attached hydrogens (tertiary/aromatic N) is 1. The van der Waals surface area contributed by atoms with Gasteiger partial charge in [0.1, 0.15) is 5.75 Å². The summed E-state index contributed by atoms with van der Waals surface area (Å²) in [4.78, 5) is 25.9. The maximum Gasteiger partial charge on any atom is 0.243 e. The molecule has 2 aromatic carbocycles. The number of aryl methyl sites for hydroxylation is 2. The molecule has 1 N–H and O–H groups in total. The van der Waals surface area contributed by atoms with Gasteiger partial charge in [-0.1, -0.05) is 41.4 Å². The second-order valence-corrected chi connectivity index (χ2v) is 7.44. The summed E-state index contributed by atoms with van der Waals surface area (Å²) in [6.07, 6.45) is 0.791. The molecule has 0 bridgehead atoms. The van der Waals surface area contributed by atoms with E-state index in [1.54, 1.807) is 25.2 Å². The smallest absolute Gasteiger partial charge is 0.243 e. The predicted molar refractivity (Wildman–Crippen MR) is 113 cm³/mol. The van der Waals surface area contributed by atoms with E-state index < -0.39 is 0 Å². The second-order valence-electron chi connectivity index (χ2n) is 6.59. The number of amides is 2. The fraction of sp³-hybridized carbons (Fsp3) is 0.333. The lowest BCUT2D eigenvalue weighted by atomic mass is 10.1. The highest BCUT2D eigenvalue weighted by Gasteiger charge is 2.14. The van der Waals surface area contributed by atoms with E-state index in [9.17, 15) is 9.59 Å². The molecule has 5 nitrogen and oxygen atoms in total. The molecule has 0 radical (unpaired) electrons. The van der Waals surface area contributed by atoms with Crippen LogP contribution in [-0.4, -0.2) is 36.9 Å². The first-order valence-electron chi connectivity index (χ1n) is 8.96. The van der Waals surface area contributed by atoms with Crippen molar-refractivity contribution in [3.63, 3.8) is 0 Å². The van der Waals surface area contributed by atoms with Crippen molar-refractivity contribution in [1.29, 1.82) is 0 Å². The number of hydrogen-bond donors (Lipinski definition) is 1. The lowest BCUT2D eigenvalue weighted by Gasteiger charge is -2.18. The third-order valence-corrected chi connectivity index (χ3v) is 4.77. The maximum atomic E-state index is 12.3. The lowest BCUT2D eigenvalue weighted by molar-refractivity contribution is -0.133. The molecule has 2 aromatic rings. The molecule has 7 heteroatoms. The molecule has 0 aliphatic rings. The molecular formula is C21H24Cl2N2O3. The van der Waals surface area contributed by atoms with Gasteiger partial charge in [-0.05, 0) is 49.6 Å². The van der Waals surface area contributed by atoms with Crippen LogP contribution in [0.3, 0.4) is 0 Å². The molecule has 0 saturated carbocycles. The van der Waals surface area contributed by atoms with E-state index in [1.165, 1.54) is 4.90 Å². The van der Waals surface area contributed by atoms with Crippen molar-refractivity contribution >= 4 is 40.7 Å². The van der Waals surface area contributed by atoms with Crippen LogP contribution in [-0.2, 0) is 9.59 Å². The molecule has 0 fully saturated rings. The lowest BCUT2D eigenvalue weighted by Crippen LogP contribution is -2.35. The summed E-state index contributed by atoms with van der Waals surface area (Å²) in [6, 6.07) is 10.8. The van der Waals surface area contributed by atoms with Gasteiger partial charge in [-0.3, -0.25) is 9.59 Å². The second kappa shape index (κ2) is 10.3. The number of para-hydroxylation sites is 1. The number of rotatable bonds is 8. The highest BCUT2D eigenvalue weighted by molar-refractivity contribution is 6.35. The zero-order valence-corrected chi connectivity index (χ0v) is 17.7. The van der Waals surface area contributed by atoms with E-state index in [0.29, 0.717) is 28.8 Å². The average molecular weight is 423 g/mol. The largest absolute Gasteiger partial charge is 0.492 e. The van der Waals surface area contributed by atoms with Crippen molar-refractivity contribution in [2.75, 3.05) is 25.5 Å². The summed E-state index contributed by atoms with van der Waals surface area (Å²) >= 11 is 11.9. The van der Waals surface area contributed by atoms with Gasteiger partial charge in [0, 0.05) is 24.2 Å². The van der Waals surface area contributed by atoms with E-state index in [2.05, 4.69) is 5.32 Å². The monoisotopic (exact) mass is 422 g/mol. The third-order valence-electron chi connectivity index (χ3n) is 4.24. The summed E-state index contributed by atoms with van der Waals surface area (Å²) in [7, 11) is 1.61. The van der Waals surface area contributed by atoms with Gasteiger partial charge < -0.3 is 15.0 Å². The Balaban J connectivity index is 1.75. The van der Waals surface area contributed by atoms with Crippen molar-refractivity contribution in [2.24, 2.45) is 0 Å². The zero-order chi connectivity index (χ0) is 20.7. The highest BCUT2D eigenvalue weighted by Crippen LogP contribution is 2.27. The van der Waals surface area contributed by atoms with E-state index in [0.717, 1.165) is 16.8 Å². The Morgan fingerprint density at radius 3 is 2.43 bits per heavy atom. The molecule has 150 valence electrons. The van der Waals surface area contributed by atoms with Gasteiger partial charge in [-0.15, -0.1) is 0 Å². The molecule has 0 aromatic heterocycles. The Morgan fingerprint density at radius 1 is 1.11 bits per heavy atom. The zero-order valence-electron chi connectivity index (χ0n) is 16.2.